The second kappa shape index (κ2) is 5.83. The molecule has 2 heterocycles. The summed E-state index contributed by atoms with van der Waals surface area (Å²) in [7, 11) is 0. The Bertz CT molecular complexity index is 988. The molecule has 1 amide bonds. The quantitative estimate of drug-likeness (QED) is 0.787. The molecule has 1 saturated carbocycles. The van der Waals surface area contributed by atoms with Crippen molar-refractivity contribution in [2.45, 2.75) is 32.1 Å². The molecule has 4 rings (SSSR count). The van der Waals surface area contributed by atoms with Crippen molar-refractivity contribution in [2.24, 2.45) is 0 Å². The number of nitrogens with zero attached hydrogens (tertiary/aromatic N) is 2. The average Bonchev–Trinajstić information content (AvgIpc) is 3.34. The standard InChI is InChI=1S/C17H15N3O3S/c1-2-9-3-6-13-11(7-9)12(21)8-14(23-13)15(22)18-17-20-19-16(24-17)10-4-5-10/h3,6-8,10H,2,4-5H2,1H3,(H,18,20,22). The molecule has 1 N–H and O–H groups in total. The molecule has 7 heteroatoms. The molecule has 0 atom stereocenters. The Morgan fingerprint density at radius 1 is 1.33 bits per heavy atom. The van der Waals surface area contributed by atoms with Gasteiger partial charge in [0.15, 0.2) is 11.2 Å². The molecule has 122 valence electrons. The van der Waals surface area contributed by atoms with E-state index in [1.165, 1.54) is 17.4 Å². The number of anilines is 1. The van der Waals surface area contributed by atoms with Crippen molar-refractivity contribution < 1.29 is 9.21 Å². The lowest BCUT2D eigenvalue weighted by molar-refractivity contribution is 0.0997. The molecule has 0 spiro atoms. The molecule has 6 nitrogen and oxygen atoms in total. The first-order valence-electron chi connectivity index (χ1n) is 7.85. The van der Waals surface area contributed by atoms with Gasteiger partial charge in [0.05, 0.1) is 5.39 Å². The van der Waals surface area contributed by atoms with Crippen LogP contribution in [0.15, 0.2) is 33.5 Å². The van der Waals surface area contributed by atoms with Crippen LogP contribution in [0.4, 0.5) is 5.13 Å². The minimum absolute atomic E-state index is 0.0279. The van der Waals surface area contributed by atoms with Crippen molar-refractivity contribution in [1.29, 1.82) is 0 Å². The first-order chi connectivity index (χ1) is 11.6. The summed E-state index contributed by atoms with van der Waals surface area (Å²) in [6.07, 6.45) is 3.09. The Balaban J connectivity index is 1.62. The van der Waals surface area contributed by atoms with Crippen LogP contribution in [0, 0.1) is 0 Å². The molecule has 0 aliphatic heterocycles. The van der Waals surface area contributed by atoms with Gasteiger partial charge in [-0.25, -0.2) is 0 Å². The van der Waals surface area contributed by atoms with Crippen LogP contribution in [0.1, 0.15) is 46.8 Å². The topological polar surface area (TPSA) is 85.1 Å². The molecule has 1 aliphatic carbocycles. The molecule has 0 unspecified atom stereocenters. The smallest absolute Gasteiger partial charge is 0.293 e. The summed E-state index contributed by atoms with van der Waals surface area (Å²) in [6, 6.07) is 6.64. The van der Waals surface area contributed by atoms with E-state index in [0.29, 0.717) is 22.0 Å². The highest BCUT2D eigenvalue weighted by Gasteiger charge is 2.28. The molecule has 1 aromatic carbocycles. The fourth-order valence-electron chi connectivity index (χ4n) is 2.47. The number of nitrogens with one attached hydrogen (secondary N) is 1. The van der Waals surface area contributed by atoms with Gasteiger partial charge in [0.2, 0.25) is 5.13 Å². The maximum atomic E-state index is 12.3. The van der Waals surface area contributed by atoms with Crippen LogP contribution < -0.4 is 10.7 Å². The van der Waals surface area contributed by atoms with Crippen molar-refractivity contribution in [3.63, 3.8) is 0 Å². The SMILES string of the molecule is CCc1ccc2oc(C(=O)Nc3nnc(C4CC4)s3)cc(=O)c2c1. The summed E-state index contributed by atoms with van der Waals surface area (Å²) >= 11 is 1.37. The second-order valence-corrected chi connectivity index (χ2v) is 6.84. The zero-order chi connectivity index (χ0) is 16.7. The fourth-order valence-corrected chi connectivity index (χ4v) is 3.38. The lowest BCUT2D eigenvalue weighted by Crippen LogP contribution is -2.15. The zero-order valence-corrected chi connectivity index (χ0v) is 13.9. The minimum atomic E-state index is -0.493. The molecule has 0 saturated heterocycles. The predicted molar refractivity (Wildman–Crippen MR) is 91.7 cm³/mol. The van der Waals surface area contributed by atoms with Crippen LogP contribution in [-0.4, -0.2) is 16.1 Å². The highest BCUT2D eigenvalue weighted by molar-refractivity contribution is 7.15. The van der Waals surface area contributed by atoms with E-state index >= 15 is 0 Å². The fraction of sp³-hybridized carbons (Fsp3) is 0.294. The molecule has 0 bridgehead atoms. The van der Waals surface area contributed by atoms with E-state index in [9.17, 15) is 9.59 Å². The van der Waals surface area contributed by atoms with Gasteiger partial charge >= 0.3 is 0 Å². The molecular weight excluding hydrogens is 326 g/mol. The highest BCUT2D eigenvalue weighted by Crippen LogP contribution is 2.42. The summed E-state index contributed by atoms with van der Waals surface area (Å²) in [5, 5.41) is 12.5. The second-order valence-electron chi connectivity index (χ2n) is 5.83. The van der Waals surface area contributed by atoms with E-state index in [1.807, 2.05) is 13.0 Å². The van der Waals surface area contributed by atoms with Gasteiger partial charge in [-0.2, -0.15) is 0 Å². The summed E-state index contributed by atoms with van der Waals surface area (Å²) in [5.41, 5.74) is 1.22. The van der Waals surface area contributed by atoms with Gasteiger partial charge < -0.3 is 4.42 Å². The third-order valence-corrected chi connectivity index (χ3v) is 5.01. The monoisotopic (exact) mass is 341 g/mol. The van der Waals surface area contributed by atoms with Gasteiger partial charge in [0, 0.05) is 12.0 Å². The summed E-state index contributed by atoms with van der Waals surface area (Å²) in [5.74, 6) is -0.0356. The number of benzene rings is 1. The first kappa shape index (κ1) is 15.0. The van der Waals surface area contributed by atoms with Gasteiger partial charge in [-0.15, -0.1) is 10.2 Å². The Morgan fingerprint density at radius 2 is 2.17 bits per heavy atom. The van der Waals surface area contributed by atoms with Crippen LogP contribution in [0.2, 0.25) is 0 Å². The lowest BCUT2D eigenvalue weighted by atomic mass is 10.1. The minimum Gasteiger partial charge on any atom is -0.451 e. The Kier molecular flexibility index (Phi) is 3.65. The van der Waals surface area contributed by atoms with Crippen LogP contribution >= 0.6 is 11.3 Å². The number of carbonyl (C=O) groups excluding carboxylic acids is 1. The van der Waals surface area contributed by atoms with Crippen LogP contribution in [0.3, 0.4) is 0 Å². The summed E-state index contributed by atoms with van der Waals surface area (Å²) in [4.78, 5) is 24.6. The van der Waals surface area contributed by atoms with Gasteiger partial charge in [0.1, 0.15) is 10.6 Å². The van der Waals surface area contributed by atoms with E-state index in [2.05, 4.69) is 15.5 Å². The van der Waals surface area contributed by atoms with Crippen molar-refractivity contribution in [3.05, 3.63) is 50.8 Å². The number of aryl methyl sites for hydroxylation is 1. The normalized spacial score (nSPS) is 14.0. The number of carbonyl (C=O) groups is 1. The number of hydrogen-bond acceptors (Lipinski definition) is 6. The van der Waals surface area contributed by atoms with E-state index in [-0.39, 0.29) is 11.2 Å². The van der Waals surface area contributed by atoms with E-state index in [1.54, 1.807) is 12.1 Å². The Labute approximate surface area is 141 Å². The number of fused-ring (bicyclic) bond motifs is 1. The van der Waals surface area contributed by atoms with E-state index in [4.69, 9.17) is 4.42 Å². The van der Waals surface area contributed by atoms with Crippen LogP contribution in [0.5, 0.6) is 0 Å². The summed E-state index contributed by atoms with van der Waals surface area (Å²) < 4.78 is 5.59. The molecule has 3 aromatic rings. The molecule has 24 heavy (non-hydrogen) atoms. The molecule has 0 radical (unpaired) electrons. The van der Waals surface area contributed by atoms with Crippen molar-refractivity contribution in [2.75, 3.05) is 5.32 Å². The highest BCUT2D eigenvalue weighted by atomic mass is 32.1. The van der Waals surface area contributed by atoms with Crippen LogP contribution in [-0.2, 0) is 6.42 Å². The average molecular weight is 341 g/mol. The largest absolute Gasteiger partial charge is 0.451 e. The molecule has 2 aromatic heterocycles. The third-order valence-electron chi connectivity index (χ3n) is 4.01. The molecule has 1 fully saturated rings. The van der Waals surface area contributed by atoms with Crippen molar-refractivity contribution >= 4 is 33.3 Å². The predicted octanol–water partition coefficient (Wildman–Crippen LogP) is 3.34. The van der Waals surface area contributed by atoms with Gasteiger partial charge in [0.25, 0.3) is 5.91 Å². The number of hydrogen-bond donors (Lipinski definition) is 1. The van der Waals surface area contributed by atoms with E-state index < -0.39 is 5.91 Å². The number of aromatic nitrogens is 2. The van der Waals surface area contributed by atoms with Crippen LogP contribution in [0.25, 0.3) is 11.0 Å². The lowest BCUT2D eigenvalue weighted by Gasteiger charge is -2.04. The van der Waals surface area contributed by atoms with Gasteiger partial charge in [-0.05, 0) is 37.0 Å². The van der Waals surface area contributed by atoms with Crippen molar-refractivity contribution in [1.82, 2.24) is 10.2 Å². The molecular formula is C17H15N3O3S. The first-order valence-corrected chi connectivity index (χ1v) is 8.67. The zero-order valence-electron chi connectivity index (χ0n) is 13.0. The maximum Gasteiger partial charge on any atom is 0.293 e. The third kappa shape index (κ3) is 2.82. The number of amides is 1. The van der Waals surface area contributed by atoms with Gasteiger partial charge in [-0.1, -0.05) is 24.3 Å². The number of rotatable bonds is 4. The summed E-state index contributed by atoms with van der Waals surface area (Å²) in [6.45, 7) is 2.02. The Morgan fingerprint density at radius 3 is 2.92 bits per heavy atom. The van der Waals surface area contributed by atoms with Gasteiger partial charge in [-0.3, -0.25) is 14.9 Å². The molecule has 1 aliphatic rings. The van der Waals surface area contributed by atoms with Crippen molar-refractivity contribution in [3.8, 4) is 0 Å². The Hall–Kier alpha value is -2.54. The maximum absolute atomic E-state index is 12.3. The van der Waals surface area contributed by atoms with E-state index in [0.717, 1.165) is 29.8 Å².